The fourth-order valence-corrected chi connectivity index (χ4v) is 2.39. The second-order valence-electron chi connectivity index (χ2n) is 4.68. The van der Waals surface area contributed by atoms with E-state index >= 15 is 0 Å². The Kier molecular flexibility index (Phi) is 4.11. The molecule has 0 heterocycles. The van der Waals surface area contributed by atoms with Crippen LogP contribution in [-0.4, -0.2) is 6.04 Å². The lowest BCUT2D eigenvalue weighted by Crippen LogP contribution is -2.30. The topological polar surface area (TPSA) is 35.8 Å². The van der Waals surface area contributed by atoms with E-state index in [1.807, 2.05) is 6.07 Å². The average Bonchev–Trinajstić information content (AvgIpc) is 2.37. The van der Waals surface area contributed by atoms with Crippen LogP contribution >= 0.6 is 0 Å². The first-order chi connectivity index (χ1) is 8.28. The lowest BCUT2D eigenvalue weighted by molar-refractivity contribution is 0.372. The van der Waals surface area contributed by atoms with E-state index in [-0.39, 0.29) is 5.82 Å². The molecule has 0 radical (unpaired) electrons. The highest BCUT2D eigenvalue weighted by Gasteiger charge is 2.12. The molecule has 0 unspecified atom stereocenters. The first-order valence-corrected chi connectivity index (χ1v) is 6.21. The summed E-state index contributed by atoms with van der Waals surface area (Å²) in [6, 6.07) is 7.05. The Morgan fingerprint density at radius 1 is 1.24 bits per heavy atom. The SMILES string of the molecule is N#Cc1cc(F)cc(CNC2CCCCC2)c1. The fourth-order valence-electron chi connectivity index (χ4n) is 2.39. The molecule has 90 valence electrons. The van der Waals surface area contributed by atoms with Gasteiger partial charge in [-0.1, -0.05) is 19.3 Å². The molecule has 0 atom stereocenters. The Bertz CT molecular complexity index is 417. The van der Waals surface area contributed by atoms with Crippen molar-refractivity contribution in [1.29, 1.82) is 5.26 Å². The van der Waals surface area contributed by atoms with Gasteiger partial charge in [0.2, 0.25) is 0 Å². The first kappa shape index (κ1) is 12.1. The zero-order valence-electron chi connectivity index (χ0n) is 9.88. The Morgan fingerprint density at radius 2 is 2.00 bits per heavy atom. The van der Waals surface area contributed by atoms with Crippen LogP contribution in [0.25, 0.3) is 0 Å². The van der Waals surface area contributed by atoms with E-state index in [1.54, 1.807) is 6.07 Å². The minimum atomic E-state index is -0.329. The third kappa shape index (κ3) is 3.54. The Morgan fingerprint density at radius 3 is 2.71 bits per heavy atom. The fraction of sp³-hybridized carbons (Fsp3) is 0.500. The number of rotatable bonds is 3. The highest BCUT2D eigenvalue weighted by molar-refractivity contribution is 5.33. The zero-order valence-corrected chi connectivity index (χ0v) is 9.88. The van der Waals surface area contributed by atoms with Crippen LogP contribution in [0.4, 0.5) is 4.39 Å². The minimum Gasteiger partial charge on any atom is -0.310 e. The highest BCUT2D eigenvalue weighted by Crippen LogP contribution is 2.18. The third-order valence-corrected chi connectivity index (χ3v) is 3.29. The number of hydrogen-bond donors (Lipinski definition) is 1. The van der Waals surface area contributed by atoms with Crippen LogP contribution in [0.5, 0.6) is 0 Å². The molecule has 0 aromatic heterocycles. The third-order valence-electron chi connectivity index (χ3n) is 3.29. The summed E-state index contributed by atoms with van der Waals surface area (Å²) >= 11 is 0. The van der Waals surface area contributed by atoms with Crippen molar-refractivity contribution in [2.75, 3.05) is 0 Å². The molecule has 2 rings (SSSR count). The maximum Gasteiger partial charge on any atom is 0.124 e. The average molecular weight is 232 g/mol. The van der Waals surface area contributed by atoms with Crippen LogP contribution in [0.3, 0.4) is 0 Å². The standard InChI is InChI=1S/C14H17FN2/c15-13-7-11(9-16)6-12(8-13)10-17-14-4-2-1-3-5-14/h6-8,14,17H,1-5,10H2. The van der Waals surface area contributed by atoms with Crippen molar-refractivity contribution in [3.05, 3.63) is 35.1 Å². The van der Waals surface area contributed by atoms with Gasteiger partial charge in [-0.25, -0.2) is 4.39 Å². The molecule has 3 heteroatoms. The molecule has 1 aromatic rings. The largest absolute Gasteiger partial charge is 0.310 e. The number of hydrogen-bond acceptors (Lipinski definition) is 2. The lowest BCUT2D eigenvalue weighted by Gasteiger charge is -2.22. The van der Waals surface area contributed by atoms with Gasteiger partial charge < -0.3 is 5.32 Å². The van der Waals surface area contributed by atoms with Gasteiger partial charge in [0.05, 0.1) is 11.6 Å². The summed E-state index contributed by atoms with van der Waals surface area (Å²) in [5, 5.41) is 12.2. The molecule has 0 saturated heterocycles. The molecule has 0 spiro atoms. The van der Waals surface area contributed by atoms with E-state index in [0.717, 1.165) is 5.56 Å². The van der Waals surface area contributed by atoms with Crippen molar-refractivity contribution in [2.24, 2.45) is 0 Å². The van der Waals surface area contributed by atoms with E-state index in [4.69, 9.17) is 5.26 Å². The second-order valence-corrected chi connectivity index (χ2v) is 4.68. The summed E-state index contributed by atoms with van der Waals surface area (Å²) in [7, 11) is 0. The van der Waals surface area contributed by atoms with Crippen molar-refractivity contribution < 1.29 is 4.39 Å². The number of benzene rings is 1. The molecule has 1 aliphatic carbocycles. The summed E-state index contributed by atoms with van der Waals surface area (Å²) in [6.07, 6.45) is 6.31. The summed E-state index contributed by atoms with van der Waals surface area (Å²) in [5.74, 6) is -0.329. The van der Waals surface area contributed by atoms with E-state index < -0.39 is 0 Å². The van der Waals surface area contributed by atoms with Crippen LogP contribution in [-0.2, 0) is 6.54 Å². The minimum absolute atomic E-state index is 0.329. The van der Waals surface area contributed by atoms with Gasteiger partial charge in [-0.2, -0.15) is 5.26 Å². The van der Waals surface area contributed by atoms with Gasteiger partial charge in [-0.15, -0.1) is 0 Å². The van der Waals surface area contributed by atoms with E-state index in [0.29, 0.717) is 18.2 Å². The van der Waals surface area contributed by atoms with Gasteiger partial charge >= 0.3 is 0 Å². The molecule has 1 aliphatic rings. The van der Waals surface area contributed by atoms with Gasteiger partial charge in [0, 0.05) is 12.6 Å². The molecular weight excluding hydrogens is 215 g/mol. The number of nitriles is 1. The van der Waals surface area contributed by atoms with Crippen molar-refractivity contribution in [3.8, 4) is 6.07 Å². The van der Waals surface area contributed by atoms with Gasteiger partial charge in [0.25, 0.3) is 0 Å². The van der Waals surface area contributed by atoms with E-state index in [1.165, 1.54) is 44.2 Å². The molecular formula is C14H17FN2. The second kappa shape index (κ2) is 5.79. The smallest absolute Gasteiger partial charge is 0.124 e. The van der Waals surface area contributed by atoms with Crippen LogP contribution < -0.4 is 5.32 Å². The van der Waals surface area contributed by atoms with Crippen LogP contribution in [0.2, 0.25) is 0 Å². The van der Waals surface area contributed by atoms with Gasteiger partial charge in [0.1, 0.15) is 5.82 Å². The molecule has 2 nitrogen and oxygen atoms in total. The maximum atomic E-state index is 13.2. The Balaban J connectivity index is 1.94. The summed E-state index contributed by atoms with van der Waals surface area (Å²) < 4.78 is 13.2. The lowest BCUT2D eigenvalue weighted by atomic mass is 9.95. The van der Waals surface area contributed by atoms with Crippen molar-refractivity contribution in [2.45, 2.75) is 44.7 Å². The molecule has 0 amide bonds. The molecule has 1 aromatic carbocycles. The monoisotopic (exact) mass is 232 g/mol. The molecule has 0 aliphatic heterocycles. The molecule has 1 saturated carbocycles. The predicted octanol–water partition coefficient (Wildman–Crippen LogP) is 3.12. The quantitative estimate of drug-likeness (QED) is 0.869. The van der Waals surface area contributed by atoms with Gasteiger partial charge in [-0.05, 0) is 36.6 Å². The summed E-state index contributed by atoms with van der Waals surface area (Å²) in [5.41, 5.74) is 1.25. The predicted molar refractivity (Wildman–Crippen MR) is 64.8 cm³/mol. The summed E-state index contributed by atoms with van der Waals surface area (Å²) in [4.78, 5) is 0. The molecule has 17 heavy (non-hydrogen) atoms. The van der Waals surface area contributed by atoms with Gasteiger partial charge in [0.15, 0.2) is 0 Å². The van der Waals surface area contributed by atoms with Crippen LogP contribution in [0.15, 0.2) is 18.2 Å². The van der Waals surface area contributed by atoms with Crippen molar-refractivity contribution in [1.82, 2.24) is 5.32 Å². The highest BCUT2D eigenvalue weighted by atomic mass is 19.1. The molecule has 1 N–H and O–H groups in total. The maximum absolute atomic E-state index is 13.2. The molecule has 1 fully saturated rings. The molecule has 0 bridgehead atoms. The van der Waals surface area contributed by atoms with Crippen molar-refractivity contribution >= 4 is 0 Å². The number of halogens is 1. The Hall–Kier alpha value is -1.40. The van der Waals surface area contributed by atoms with Crippen LogP contribution in [0, 0.1) is 17.1 Å². The summed E-state index contributed by atoms with van der Waals surface area (Å²) in [6.45, 7) is 0.650. The first-order valence-electron chi connectivity index (χ1n) is 6.21. The number of nitrogens with zero attached hydrogens (tertiary/aromatic N) is 1. The van der Waals surface area contributed by atoms with Gasteiger partial charge in [-0.3, -0.25) is 0 Å². The van der Waals surface area contributed by atoms with Crippen molar-refractivity contribution in [3.63, 3.8) is 0 Å². The van der Waals surface area contributed by atoms with E-state index in [9.17, 15) is 4.39 Å². The normalized spacial score (nSPS) is 16.7. The number of nitrogens with one attached hydrogen (secondary N) is 1. The van der Waals surface area contributed by atoms with Crippen LogP contribution in [0.1, 0.15) is 43.2 Å². The van der Waals surface area contributed by atoms with E-state index in [2.05, 4.69) is 5.32 Å². The Labute approximate surface area is 101 Å². The zero-order chi connectivity index (χ0) is 12.1.